The zero-order valence-corrected chi connectivity index (χ0v) is 20.2. The van der Waals surface area contributed by atoms with Gasteiger partial charge in [-0.15, -0.1) is 0 Å². The van der Waals surface area contributed by atoms with Gasteiger partial charge in [0.1, 0.15) is 10.6 Å². The van der Waals surface area contributed by atoms with Crippen molar-refractivity contribution in [3.63, 3.8) is 0 Å². The molecule has 4 rings (SSSR count). The van der Waals surface area contributed by atoms with E-state index in [2.05, 4.69) is 20.4 Å². The van der Waals surface area contributed by atoms with Crippen LogP contribution in [0.3, 0.4) is 0 Å². The third-order valence-electron chi connectivity index (χ3n) is 6.72. The Hall–Kier alpha value is -2.30. The van der Waals surface area contributed by atoms with E-state index in [1.165, 1.54) is 4.31 Å². The van der Waals surface area contributed by atoms with E-state index in [0.29, 0.717) is 37.5 Å². The third kappa shape index (κ3) is 5.28. The molecule has 0 aliphatic carbocycles. The summed E-state index contributed by atoms with van der Waals surface area (Å²) in [5.74, 6) is 0.0560. The molecule has 2 atom stereocenters. The van der Waals surface area contributed by atoms with Crippen LogP contribution in [-0.2, 0) is 21.4 Å². The van der Waals surface area contributed by atoms with Gasteiger partial charge in [-0.1, -0.05) is 18.0 Å². The van der Waals surface area contributed by atoms with Crippen LogP contribution in [0.25, 0.3) is 0 Å². The highest BCUT2D eigenvalue weighted by Crippen LogP contribution is 2.31. The van der Waals surface area contributed by atoms with Crippen LogP contribution < -0.4 is 5.32 Å². The second-order valence-corrected chi connectivity index (χ2v) is 10.9. The van der Waals surface area contributed by atoms with E-state index in [1.54, 1.807) is 26.2 Å². The molecule has 0 unspecified atom stereocenters. The van der Waals surface area contributed by atoms with E-state index in [4.69, 9.17) is 4.52 Å². The van der Waals surface area contributed by atoms with Gasteiger partial charge in [0, 0.05) is 44.6 Å². The molecule has 2 aliphatic rings. The number of fused-ring (bicyclic) bond motifs is 1. The number of aryl methyl sites for hydroxylation is 2. The SMILES string of the molecule is Cc1noc(C)c1S(=O)(=O)N1CC[C@@H]2C(=O)NCCCCCCN(Cc3ccncc3)[C@@H]2C1. The first-order chi connectivity index (χ1) is 15.9. The summed E-state index contributed by atoms with van der Waals surface area (Å²) in [5, 5.41) is 6.94. The zero-order valence-electron chi connectivity index (χ0n) is 19.4. The third-order valence-corrected chi connectivity index (χ3v) is 8.83. The number of nitrogens with one attached hydrogen (secondary N) is 1. The Labute approximate surface area is 195 Å². The molecule has 9 nitrogen and oxygen atoms in total. The van der Waals surface area contributed by atoms with Gasteiger partial charge in [0.05, 0.1) is 5.92 Å². The van der Waals surface area contributed by atoms with Crippen LogP contribution in [-0.4, -0.2) is 65.9 Å². The smallest absolute Gasteiger partial charge is 0.248 e. The molecule has 33 heavy (non-hydrogen) atoms. The number of pyridine rings is 1. The fourth-order valence-corrected chi connectivity index (χ4v) is 6.75. The van der Waals surface area contributed by atoms with Crippen molar-refractivity contribution in [2.75, 3.05) is 26.2 Å². The summed E-state index contributed by atoms with van der Waals surface area (Å²) in [5.41, 5.74) is 1.47. The number of carbonyl (C=O) groups is 1. The van der Waals surface area contributed by atoms with Crippen molar-refractivity contribution >= 4 is 15.9 Å². The van der Waals surface area contributed by atoms with Gasteiger partial charge < -0.3 is 9.84 Å². The van der Waals surface area contributed by atoms with Crippen LogP contribution in [0.15, 0.2) is 33.9 Å². The van der Waals surface area contributed by atoms with Crippen molar-refractivity contribution in [2.24, 2.45) is 5.92 Å². The summed E-state index contributed by atoms with van der Waals surface area (Å²) in [7, 11) is -3.78. The second kappa shape index (κ2) is 10.3. The predicted octanol–water partition coefficient (Wildman–Crippen LogP) is 2.26. The van der Waals surface area contributed by atoms with E-state index in [9.17, 15) is 13.2 Å². The normalized spacial score (nSPS) is 24.0. The van der Waals surface area contributed by atoms with Crippen LogP contribution >= 0.6 is 0 Å². The molecule has 2 saturated heterocycles. The van der Waals surface area contributed by atoms with Crippen molar-refractivity contribution < 1.29 is 17.7 Å². The lowest BCUT2D eigenvalue weighted by molar-refractivity contribution is -0.129. The topological polar surface area (TPSA) is 109 Å². The average Bonchev–Trinajstić information content (AvgIpc) is 3.14. The summed E-state index contributed by atoms with van der Waals surface area (Å²) in [6, 6.07) is 3.73. The Morgan fingerprint density at radius 1 is 1.12 bits per heavy atom. The minimum atomic E-state index is -3.78. The maximum Gasteiger partial charge on any atom is 0.248 e. The minimum absolute atomic E-state index is 0.0241. The molecule has 2 aromatic heterocycles. The molecule has 0 saturated carbocycles. The van der Waals surface area contributed by atoms with Gasteiger partial charge in [-0.2, -0.15) is 4.31 Å². The van der Waals surface area contributed by atoms with Gasteiger partial charge in [-0.25, -0.2) is 8.42 Å². The Morgan fingerprint density at radius 3 is 2.61 bits per heavy atom. The van der Waals surface area contributed by atoms with E-state index in [-0.39, 0.29) is 29.3 Å². The zero-order chi connectivity index (χ0) is 23.4. The lowest BCUT2D eigenvalue weighted by Gasteiger charge is -2.43. The summed E-state index contributed by atoms with van der Waals surface area (Å²) in [6.07, 6.45) is 8.15. The van der Waals surface area contributed by atoms with Gasteiger partial charge in [0.25, 0.3) is 0 Å². The highest BCUT2D eigenvalue weighted by atomic mass is 32.2. The standard InChI is InChI=1S/C23H33N5O4S/c1-17-22(18(2)32-26-17)33(30,31)28-14-9-20-21(16-28)27(15-19-7-11-24-12-8-19)13-6-4-3-5-10-25-23(20)29/h7-8,11-12,20-21H,3-6,9-10,13-16H2,1-2H3,(H,25,29)/t20-,21+/m0/s1. The van der Waals surface area contributed by atoms with Crippen LogP contribution in [0, 0.1) is 19.8 Å². The average molecular weight is 476 g/mol. The Balaban J connectivity index is 1.66. The Morgan fingerprint density at radius 2 is 1.88 bits per heavy atom. The Bertz CT molecular complexity index is 1040. The highest BCUT2D eigenvalue weighted by molar-refractivity contribution is 7.89. The fourth-order valence-electron chi connectivity index (χ4n) is 4.99. The number of sulfonamides is 1. The van der Waals surface area contributed by atoms with Crippen molar-refractivity contribution in [1.29, 1.82) is 0 Å². The van der Waals surface area contributed by atoms with Crippen molar-refractivity contribution in [1.82, 2.24) is 24.7 Å². The highest BCUT2D eigenvalue weighted by Gasteiger charge is 2.42. The number of nitrogens with zero attached hydrogens (tertiary/aromatic N) is 4. The van der Waals surface area contributed by atoms with Gasteiger partial charge in [-0.3, -0.25) is 14.7 Å². The lowest BCUT2D eigenvalue weighted by Crippen LogP contribution is -2.57. The summed E-state index contributed by atoms with van der Waals surface area (Å²) in [6.45, 7) is 5.96. The number of aromatic nitrogens is 2. The molecule has 0 bridgehead atoms. The van der Waals surface area contributed by atoms with Crippen LogP contribution in [0.5, 0.6) is 0 Å². The van der Waals surface area contributed by atoms with Gasteiger partial charge in [0.2, 0.25) is 15.9 Å². The molecule has 2 aliphatic heterocycles. The minimum Gasteiger partial charge on any atom is -0.360 e. The van der Waals surface area contributed by atoms with Gasteiger partial charge in [0.15, 0.2) is 5.76 Å². The molecule has 0 aromatic carbocycles. The Kier molecular flexibility index (Phi) is 7.45. The van der Waals surface area contributed by atoms with Crippen LogP contribution in [0.4, 0.5) is 0 Å². The van der Waals surface area contributed by atoms with Crippen molar-refractivity contribution in [3.8, 4) is 0 Å². The molecule has 4 heterocycles. The number of hydrogen-bond acceptors (Lipinski definition) is 7. The second-order valence-electron chi connectivity index (χ2n) is 9.01. The predicted molar refractivity (Wildman–Crippen MR) is 123 cm³/mol. The molecule has 180 valence electrons. The van der Waals surface area contributed by atoms with Gasteiger partial charge >= 0.3 is 0 Å². The fraction of sp³-hybridized carbons (Fsp3) is 0.609. The number of piperidine rings is 1. The number of hydrogen-bond donors (Lipinski definition) is 1. The lowest BCUT2D eigenvalue weighted by atomic mass is 9.90. The summed E-state index contributed by atoms with van der Waals surface area (Å²) >= 11 is 0. The maximum absolute atomic E-state index is 13.5. The first kappa shape index (κ1) is 23.8. The molecule has 2 fully saturated rings. The van der Waals surface area contributed by atoms with Crippen LogP contribution in [0.2, 0.25) is 0 Å². The van der Waals surface area contributed by atoms with Crippen LogP contribution in [0.1, 0.15) is 49.1 Å². The molecule has 2 aromatic rings. The first-order valence-electron chi connectivity index (χ1n) is 11.7. The van der Waals surface area contributed by atoms with E-state index >= 15 is 0 Å². The molecule has 0 spiro atoms. The molecule has 1 N–H and O–H groups in total. The molecular weight excluding hydrogens is 442 g/mol. The molecule has 10 heteroatoms. The molecular formula is C23H33N5O4S. The summed E-state index contributed by atoms with van der Waals surface area (Å²) < 4.78 is 33.7. The van der Waals surface area contributed by atoms with E-state index in [0.717, 1.165) is 37.8 Å². The number of carbonyl (C=O) groups excluding carboxylic acids is 1. The number of rotatable bonds is 4. The maximum atomic E-state index is 13.5. The van der Waals surface area contributed by atoms with Crippen molar-refractivity contribution in [3.05, 3.63) is 41.5 Å². The number of amides is 1. The van der Waals surface area contributed by atoms with Gasteiger partial charge in [-0.05, 0) is 57.4 Å². The van der Waals surface area contributed by atoms with E-state index < -0.39 is 10.0 Å². The molecule has 0 radical (unpaired) electrons. The summed E-state index contributed by atoms with van der Waals surface area (Å²) in [4.78, 5) is 19.7. The molecule has 1 amide bonds. The first-order valence-corrected chi connectivity index (χ1v) is 13.2. The van der Waals surface area contributed by atoms with Crippen molar-refractivity contribution in [2.45, 2.75) is 63.4 Å². The largest absolute Gasteiger partial charge is 0.360 e. The monoisotopic (exact) mass is 475 g/mol. The quantitative estimate of drug-likeness (QED) is 0.722. The van der Waals surface area contributed by atoms with E-state index in [1.807, 2.05) is 12.1 Å².